The van der Waals surface area contributed by atoms with Crippen molar-refractivity contribution in [3.8, 4) is 11.5 Å². The maximum atomic E-state index is 13.1. The van der Waals surface area contributed by atoms with Crippen LogP contribution in [-0.4, -0.2) is 43.2 Å². The minimum Gasteiger partial charge on any atom is -0.486 e. The van der Waals surface area contributed by atoms with E-state index >= 15 is 0 Å². The molecular formula is C19H20ClFN2O3. The van der Waals surface area contributed by atoms with Crippen molar-refractivity contribution in [3.05, 3.63) is 53.3 Å². The standard InChI is InChI=1S/C19H20ClFN2O3/c1-12(19(24)22-16-8-7-13(21)9-15(16)20)23(2)10-14-11-25-17-5-3-4-6-18(17)26-14/h3-9,12,14H,10-11H2,1-2H3,(H,22,24). The molecule has 0 aromatic heterocycles. The van der Waals surface area contributed by atoms with Crippen molar-refractivity contribution < 1.29 is 18.7 Å². The van der Waals surface area contributed by atoms with Gasteiger partial charge in [-0.15, -0.1) is 0 Å². The zero-order valence-corrected chi connectivity index (χ0v) is 15.3. The first-order chi connectivity index (χ1) is 12.4. The topological polar surface area (TPSA) is 50.8 Å². The zero-order valence-electron chi connectivity index (χ0n) is 14.5. The van der Waals surface area contributed by atoms with Crippen molar-refractivity contribution in [1.82, 2.24) is 4.90 Å². The number of carbonyl (C=O) groups is 1. The number of nitrogens with one attached hydrogen (secondary N) is 1. The summed E-state index contributed by atoms with van der Waals surface area (Å²) in [7, 11) is 1.83. The van der Waals surface area contributed by atoms with Gasteiger partial charge in [-0.2, -0.15) is 0 Å². The largest absolute Gasteiger partial charge is 0.486 e. The SMILES string of the molecule is CC(C(=O)Nc1ccc(F)cc1Cl)N(C)CC1COc2ccccc2O1. The number of amides is 1. The van der Waals surface area contributed by atoms with Crippen molar-refractivity contribution in [2.24, 2.45) is 0 Å². The fraction of sp³-hybridized carbons (Fsp3) is 0.316. The summed E-state index contributed by atoms with van der Waals surface area (Å²) in [5.41, 5.74) is 0.379. The first-order valence-electron chi connectivity index (χ1n) is 8.28. The van der Waals surface area contributed by atoms with Gasteiger partial charge < -0.3 is 14.8 Å². The van der Waals surface area contributed by atoms with Crippen LogP contribution in [0.4, 0.5) is 10.1 Å². The number of hydrogen-bond acceptors (Lipinski definition) is 4. The van der Waals surface area contributed by atoms with Crippen LogP contribution in [-0.2, 0) is 4.79 Å². The monoisotopic (exact) mass is 378 g/mol. The maximum absolute atomic E-state index is 13.1. The lowest BCUT2D eigenvalue weighted by molar-refractivity contribution is -0.120. The number of halogens is 2. The van der Waals surface area contributed by atoms with Crippen molar-refractivity contribution >= 4 is 23.2 Å². The molecule has 1 N–H and O–H groups in total. The highest BCUT2D eigenvalue weighted by atomic mass is 35.5. The lowest BCUT2D eigenvalue weighted by Gasteiger charge is -2.31. The Balaban J connectivity index is 1.57. The van der Waals surface area contributed by atoms with Crippen LogP contribution in [0.3, 0.4) is 0 Å². The van der Waals surface area contributed by atoms with Gasteiger partial charge in [0.2, 0.25) is 5.91 Å². The highest BCUT2D eigenvalue weighted by molar-refractivity contribution is 6.33. The summed E-state index contributed by atoms with van der Waals surface area (Å²) in [4.78, 5) is 14.3. The van der Waals surface area contributed by atoms with E-state index in [-0.39, 0.29) is 17.0 Å². The third-order valence-electron chi connectivity index (χ3n) is 4.29. The second-order valence-electron chi connectivity index (χ2n) is 6.23. The molecule has 0 aliphatic carbocycles. The van der Waals surface area contributed by atoms with Crippen molar-refractivity contribution in [2.45, 2.75) is 19.1 Å². The Morgan fingerprint density at radius 1 is 1.35 bits per heavy atom. The second kappa shape index (κ2) is 7.93. The number of nitrogens with zero attached hydrogens (tertiary/aromatic N) is 1. The first kappa shape index (κ1) is 18.5. The molecular weight excluding hydrogens is 359 g/mol. The Morgan fingerprint density at radius 2 is 2.08 bits per heavy atom. The number of rotatable bonds is 5. The molecule has 138 valence electrons. The van der Waals surface area contributed by atoms with E-state index in [0.29, 0.717) is 24.6 Å². The average molecular weight is 379 g/mol. The Kier molecular flexibility index (Phi) is 5.64. The van der Waals surface area contributed by atoms with E-state index in [1.54, 1.807) is 6.92 Å². The molecule has 7 heteroatoms. The van der Waals surface area contributed by atoms with Crippen LogP contribution >= 0.6 is 11.6 Å². The molecule has 0 saturated heterocycles. The first-order valence-corrected chi connectivity index (χ1v) is 8.66. The van der Waals surface area contributed by atoms with Crippen LogP contribution in [0, 0.1) is 5.82 Å². The normalized spacial score (nSPS) is 17.0. The van der Waals surface area contributed by atoms with Gasteiger partial charge in [-0.25, -0.2) is 4.39 Å². The molecule has 1 aliphatic heterocycles. The summed E-state index contributed by atoms with van der Waals surface area (Å²) in [6.45, 7) is 2.71. The van der Waals surface area contributed by atoms with E-state index in [9.17, 15) is 9.18 Å². The minimum absolute atomic E-state index is 0.161. The van der Waals surface area contributed by atoms with Crippen LogP contribution in [0.2, 0.25) is 5.02 Å². The number of fused-ring (bicyclic) bond motifs is 1. The summed E-state index contributed by atoms with van der Waals surface area (Å²) in [6, 6.07) is 10.9. The van der Waals surface area contributed by atoms with Gasteiger partial charge in [-0.05, 0) is 44.3 Å². The van der Waals surface area contributed by atoms with Crippen molar-refractivity contribution in [1.29, 1.82) is 0 Å². The number of likely N-dealkylation sites (N-methyl/N-ethyl adjacent to an activating group) is 1. The molecule has 2 aromatic carbocycles. The molecule has 26 heavy (non-hydrogen) atoms. The molecule has 2 aromatic rings. The number of para-hydroxylation sites is 2. The zero-order chi connectivity index (χ0) is 18.7. The van der Waals surface area contributed by atoms with Crippen LogP contribution in [0.15, 0.2) is 42.5 Å². The highest BCUT2D eigenvalue weighted by Crippen LogP contribution is 2.31. The summed E-state index contributed by atoms with van der Waals surface area (Å²) >= 11 is 5.96. The molecule has 1 aliphatic rings. The van der Waals surface area contributed by atoms with Gasteiger partial charge in [0.15, 0.2) is 11.5 Å². The molecule has 5 nitrogen and oxygen atoms in total. The Morgan fingerprint density at radius 3 is 2.81 bits per heavy atom. The third-order valence-corrected chi connectivity index (χ3v) is 4.60. The van der Waals surface area contributed by atoms with Crippen LogP contribution < -0.4 is 14.8 Å². The van der Waals surface area contributed by atoms with E-state index < -0.39 is 11.9 Å². The number of anilines is 1. The fourth-order valence-electron chi connectivity index (χ4n) is 2.66. The van der Waals surface area contributed by atoms with Gasteiger partial charge >= 0.3 is 0 Å². The second-order valence-corrected chi connectivity index (χ2v) is 6.63. The molecule has 1 heterocycles. The molecule has 1 amide bonds. The Labute approximate surface area is 156 Å². The Bertz CT molecular complexity index is 802. The molecule has 0 spiro atoms. The highest BCUT2D eigenvalue weighted by Gasteiger charge is 2.26. The smallest absolute Gasteiger partial charge is 0.241 e. The average Bonchev–Trinajstić information content (AvgIpc) is 2.63. The van der Waals surface area contributed by atoms with Gasteiger partial charge in [0.05, 0.1) is 16.8 Å². The van der Waals surface area contributed by atoms with Crippen LogP contribution in [0.5, 0.6) is 11.5 Å². The van der Waals surface area contributed by atoms with Crippen LogP contribution in [0.25, 0.3) is 0 Å². The predicted octanol–water partition coefficient (Wildman–Crippen LogP) is 3.58. The molecule has 0 bridgehead atoms. The number of carbonyl (C=O) groups excluding carboxylic acids is 1. The van der Waals surface area contributed by atoms with E-state index in [0.717, 1.165) is 11.8 Å². The van der Waals surface area contributed by atoms with E-state index in [1.165, 1.54) is 12.1 Å². The number of ether oxygens (including phenoxy) is 2. The van der Waals surface area contributed by atoms with E-state index in [1.807, 2.05) is 36.2 Å². The molecule has 0 fully saturated rings. The lowest BCUT2D eigenvalue weighted by atomic mass is 10.2. The van der Waals surface area contributed by atoms with Gasteiger partial charge in [-0.1, -0.05) is 23.7 Å². The lowest BCUT2D eigenvalue weighted by Crippen LogP contribution is -2.46. The summed E-state index contributed by atoms with van der Waals surface area (Å²) < 4.78 is 24.7. The van der Waals surface area contributed by atoms with Crippen molar-refractivity contribution in [3.63, 3.8) is 0 Å². The molecule has 0 radical (unpaired) electrons. The van der Waals surface area contributed by atoms with E-state index in [4.69, 9.17) is 21.1 Å². The maximum Gasteiger partial charge on any atom is 0.241 e. The number of hydrogen-bond donors (Lipinski definition) is 1. The molecule has 2 unspecified atom stereocenters. The quantitative estimate of drug-likeness (QED) is 0.864. The summed E-state index contributed by atoms with van der Waals surface area (Å²) in [5.74, 6) is 0.738. The molecule has 0 saturated carbocycles. The molecule has 3 rings (SSSR count). The Hall–Kier alpha value is -2.31. The van der Waals surface area contributed by atoms with Gasteiger partial charge in [-0.3, -0.25) is 9.69 Å². The molecule has 2 atom stereocenters. The van der Waals surface area contributed by atoms with Gasteiger partial charge in [0, 0.05) is 6.54 Å². The summed E-state index contributed by atoms with van der Waals surface area (Å²) in [5, 5.41) is 2.88. The third kappa shape index (κ3) is 4.26. The predicted molar refractivity (Wildman–Crippen MR) is 98.5 cm³/mol. The van der Waals surface area contributed by atoms with Crippen molar-refractivity contribution in [2.75, 3.05) is 25.5 Å². The fourth-order valence-corrected chi connectivity index (χ4v) is 2.88. The minimum atomic E-state index is -0.451. The van der Waals surface area contributed by atoms with E-state index in [2.05, 4.69) is 5.32 Å². The number of benzene rings is 2. The van der Waals surface area contributed by atoms with Gasteiger partial charge in [0.25, 0.3) is 0 Å². The summed E-state index contributed by atoms with van der Waals surface area (Å²) in [6.07, 6.45) is -0.181. The van der Waals surface area contributed by atoms with Crippen LogP contribution in [0.1, 0.15) is 6.92 Å². The van der Waals surface area contributed by atoms with Gasteiger partial charge in [0.1, 0.15) is 18.5 Å².